The average Bonchev–Trinajstić information content (AvgIpc) is 2.70. The maximum atomic E-state index is 12.2. The van der Waals surface area contributed by atoms with Gasteiger partial charge in [-0.25, -0.2) is 4.79 Å². The van der Waals surface area contributed by atoms with Crippen LogP contribution in [-0.2, 0) is 22.6 Å². The first-order valence-corrected chi connectivity index (χ1v) is 11.0. The summed E-state index contributed by atoms with van der Waals surface area (Å²) < 4.78 is 11.4. The molecule has 150 valence electrons. The van der Waals surface area contributed by atoms with Crippen molar-refractivity contribution in [1.82, 2.24) is 4.90 Å². The predicted molar refractivity (Wildman–Crippen MR) is 117 cm³/mol. The van der Waals surface area contributed by atoms with Crippen LogP contribution in [0, 0.1) is 5.92 Å². The van der Waals surface area contributed by atoms with Crippen molar-refractivity contribution in [2.24, 2.45) is 5.92 Å². The van der Waals surface area contributed by atoms with Crippen molar-refractivity contribution in [2.75, 3.05) is 18.8 Å². The van der Waals surface area contributed by atoms with Crippen molar-refractivity contribution in [3.05, 3.63) is 45.8 Å². The standard InChI is InChI=1S/C21H25NO4S2/c1-3-15-4-5-17-16(11-19(23)26-18(17)10-15)12-25-20(24)13-28-21(27)22-8-6-14(2)7-9-22/h4-5,10-11,14H,3,6-9,12-13H2,1-2H3. The normalized spacial score (nSPS) is 15.0. The molecule has 0 saturated carbocycles. The Labute approximate surface area is 174 Å². The minimum atomic E-state index is -0.443. The molecule has 1 aromatic carbocycles. The van der Waals surface area contributed by atoms with Gasteiger partial charge in [-0.05, 0) is 36.8 Å². The molecule has 0 amide bonds. The van der Waals surface area contributed by atoms with Gasteiger partial charge in [0.1, 0.15) is 16.5 Å². The quantitative estimate of drug-likeness (QED) is 0.410. The minimum Gasteiger partial charge on any atom is -0.460 e. The number of thioether (sulfide) groups is 1. The summed E-state index contributed by atoms with van der Waals surface area (Å²) in [5, 5.41) is 0.787. The molecule has 1 aliphatic heterocycles. The molecule has 1 aromatic heterocycles. The number of carbonyl (C=O) groups excluding carboxylic acids is 1. The molecule has 1 aliphatic rings. The highest BCUT2D eigenvalue weighted by molar-refractivity contribution is 8.23. The molecule has 2 aromatic rings. The van der Waals surface area contributed by atoms with Crippen LogP contribution in [0.5, 0.6) is 0 Å². The summed E-state index contributed by atoms with van der Waals surface area (Å²) in [6.07, 6.45) is 3.12. The Morgan fingerprint density at radius 3 is 2.79 bits per heavy atom. The van der Waals surface area contributed by atoms with Crippen molar-refractivity contribution in [2.45, 2.75) is 39.7 Å². The molecule has 0 atom stereocenters. The highest BCUT2D eigenvalue weighted by atomic mass is 32.2. The van der Waals surface area contributed by atoms with E-state index in [-0.39, 0.29) is 18.3 Å². The van der Waals surface area contributed by atoms with Crippen molar-refractivity contribution < 1.29 is 13.9 Å². The fourth-order valence-corrected chi connectivity index (χ4v) is 4.27. The van der Waals surface area contributed by atoms with E-state index in [0.29, 0.717) is 11.1 Å². The third kappa shape index (κ3) is 5.35. The second-order valence-electron chi connectivity index (χ2n) is 7.16. The van der Waals surface area contributed by atoms with E-state index in [9.17, 15) is 9.59 Å². The number of carbonyl (C=O) groups is 1. The smallest absolute Gasteiger partial charge is 0.336 e. The maximum absolute atomic E-state index is 12.2. The first-order valence-electron chi connectivity index (χ1n) is 9.59. The summed E-state index contributed by atoms with van der Waals surface area (Å²) in [6, 6.07) is 7.13. The molecule has 2 heterocycles. The van der Waals surface area contributed by atoms with E-state index < -0.39 is 5.63 Å². The van der Waals surface area contributed by atoms with Crippen LogP contribution in [0.4, 0.5) is 0 Å². The number of aryl methyl sites for hydroxylation is 1. The van der Waals surface area contributed by atoms with E-state index >= 15 is 0 Å². The van der Waals surface area contributed by atoms with Gasteiger partial charge in [0.05, 0.1) is 5.75 Å². The van der Waals surface area contributed by atoms with Crippen molar-refractivity contribution >= 4 is 45.2 Å². The van der Waals surface area contributed by atoms with Crippen LogP contribution in [0.1, 0.15) is 37.8 Å². The molecule has 0 bridgehead atoms. The Morgan fingerprint density at radius 2 is 2.07 bits per heavy atom. The lowest BCUT2D eigenvalue weighted by molar-refractivity contribution is -0.141. The minimum absolute atomic E-state index is 0.0426. The Bertz CT molecular complexity index is 916. The molecule has 5 nitrogen and oxygen atoms in total. The van der Waals surface area contributed by atoms with Gasteiger partial charge in [0, 0.05) is 30.1 Å². The van der Waals surface area contributed by atoms with Crippen LogP contribution < -0.4 is 5.63 Å². The first-order chi connectivity index (χ1) is 13.5. The Kier molecular flexibility index (Phi) is 7.13. The van der Waals surface area contributed by atoms with Crippen LogP contribution in [0.3, 0.4) is 0 Å². The summed E-state index contributed by atoms with van der Waals surface area (Å²) in [5.74, 6) is 0.564. The summed E-state index contributed by atoms with van der Waals surface area (Å²) in [4.78, 5) is 26.1. The number of esters is 1. The van der Waals surface area contributed by atoms with Crippen LogP contribution in [0.15, 0.2) is 33.5 Å². The maximum Gasteiger partial charge on any atom is 0.336 e. The van der Waals surface area contributed by atoms with E-state index in [0.717, 1.165) is 53.5 Å². The zero-order valence-corrected chi connectivity index (χ0v) is 17.9. The molecular formula is C21H25NO4S2. The Morgan fingerprint density at radius 1 is 1.32 bits per heavy atom. The van der Waals surface area contributed by atoms with Gasteiger partial charge in [-0.15, -0.1) is 0 Å². The second-order valence-corrected chi connectivity index (χ2v) is 8.77. The number of rotatable bonds is 5. The highest BCUT2D eigenvalue weighted by Gasteiger charge is 2.19. The second kappa shape index (κ2) is 9.56. The molecule has 0 radical (unpaired) electrons. The number of thiocarbonyl (C=S) groups is 1. The van der Waals surface area contributed by atoms with Gasteiger partial charge in [0.15, 0.2) is 0 Å². The summed E-state index contributed by atoms with van der Waals surface area (Å²) >= 11 is 6.78. The molecular weight excluding hydrogens is 394 g/mol. The van der Waals surface area contributed by atoms with Gasteiger partial charge in [-0.3, -0.25) is 4.79 Å². The van der Waals surface area contributed by atoms with Gasteiger partial charge >= 0.3 is 11.6 Å². The van der Waals surface area contributed by atoms with Gasteiger partial charge in [-0.2, -0.15) is 0 Å². The highest BCUT2D eigenvalue weighted by Crippen LogP contribution is 2.22. The van der Waals surface area contributed by atoms with Gasteiger partial charge in [-0.1, -0.05) is 50.0 Å². The van der Waals surface area contributed by atoms with Crippen LogP contribution >= 0.6 is 24.0 Å². The zero-order chi connectivity index (χ0) is 20.1. The van der Waals surface area contributed by atoms with E-state index in [4.69, 9.17) is 21.4 Å². The first kappa shape index (κ1) is 20.9. The summed E-state index contributed by atoms with van der Waals surface area (Å²) in [5.41, 5.74) is 1.82. The Balaban J connectivity index is 1.56. The monoisotopic (exact) mass is 419 g/mol. The molecule has 0 N–H and O–H groups in total. The number of likely N-dealkylation sites (tertiary alicyclic amines) is 1. The predicted octanol–water partition coefficient (Wildman–Crippen LogP) is 4.15. The van der Waals surface area contributed by atoms with Gasteiger partial charge in [0.2, 0.25) is 0 Å². The van der Waals surface area contributed by atoms with Crippen molar-refractivity contribution in [3.63, 3.8) is 0 Å². The number of piperidine rings is 1. The molecule has 3 rings (SSSR count). The third-order valence-electron chi connectivity index (χ3n) is 5.05. The largest absolute Gasteiger partial charge is 0.460 e. The lowest BCUT2D eigenvalue weighted by atomic mass is 10.00. The molecule has 28 heavy (non-hydrogen) atoms. The zero-order valence-electron chi connectivity index (χ0n) is 16.2. The topological polar surface area (TPSA) is 59.8 Å². The Hall–Kier alpha value is -1.86. The summed E-state index contributed by atoms with van der Waals surface area (Å²) in [7, 11) is 0. The lowest BCUT2D eigenvalue weighted by Crippen LogP contribution is -2.35. The molecule has 0 spiro atoms. The summed E-state index contributed by atoms with van der Waals surface area (Å²) in [6.45, 7) is 6.24. The number of fused-ring (bicyclic) bond motifs is 1. The van der Waals surface area contributed by atoms with Gasteiger partial charge < -0.3 is 14.1 Å². The molecule has 1 fully saturated rings. The fourth-order valence-electron chi connectivity index (χ4n) is 3.22. The SMILES string of the molecule is CCc1ccc2c(COC(=O)CSC(=S)N3CCC(C)CC3)cc(=O)oc2c1. The van der Waals surface area contributed by atoms with Gasteiger partial charge in [0.25, 0.3) is 0 Å². The number of hydrogen-bond donors (Lipinski definition) is 0. The molecule has 0 unspecified atom stereocenters. The molecule has 1 saturated heterocycles. The molecule has 7 heteroatoms. The number of ether oxygens (including phenoxy) is 1. The molecule has 0 aliphatic carbocycles. The average molecular weight is 420 g/mol. The van der Waals surface area contributed by atoms with Crippen LogP contribution in [-0.4, -0.2) is 34.0 Å². The van der Waals surface area contributed by atoms with E-state index in [2.05, 4.69) is 11.8 Å². The fraction of sp³-hybridized carbons (Fsp3) is 0.476. The lowest BCUT2D eigenvalue weighted by Gasteiger charge is -2.31. The van der Waals surface area contributed by atoms with Crippen molar-refractivity contribution in [1.29, 1.82) is 0 Å². The van der Waals surface area contributed by atoms with Crippen LogP contribution in [0.2, 0.25) is 0 Å². The van der Waals surface area contributed by atoms with Crippen molar-refractivity contribution in [3.8, 4) is 0 Å². The van der Waals surface area contributed by atoms with E-state index in [1.807, 2.05) is 25.1 Å². The number of hydrogen-bond acceptors (Lipinski definition) is 6. The number of nitrogens with zero attached hydrogens (tertiary/aromatic N) is 1. The van der Waals surface area contributed by atoms with E-state index in [1.165, 1.54) is 17.8 Å². The number of benzene rings is 1. The van der Waals surface area contributed by atoms with Crippen LogP contribution in [0.25, 0.3) is 11.0 Å². The van der Waals surface area contributed by atoms with E-state index in [1.54, 1.807) is 0 Å². The third-order valence-corrected chi connectivity index (χ3v) is 6.54.